The van der Waals surface area contributed by atoms with Gasteiger partial charge in [0, 0.05) is 12.6 Å². The van der Waals surface area contributed by atoms with Crippen LogP contribution in [0, 0.1) is 6.92 Å². The van der Waals surface area contributed by atoms with Crippen molar-refractivity contribution >= 4 is 27.5 Å². The Kier molecular flexibility index (Phi) is 4.27. The zero-order valence-corrected chi connectivity index (χ0v) is 15.5. The molecule has 4 aromatic rings. The van der Waals surface area contributed by atoms with Gasteiger partial charge in [-0.25, -0.2) is 0 Å². The molecule has 0 spiro atoms. The van der Waals surface area contributed by atoms with Gasteiger partial charge in [0.2, 0.25) is 0 Å². The zero-order valence-electron chi connectivity index (χ0n) is 14.6. The Bertz CT molecular complexity index is 1150. The average Bonchev–Trinajstić information content (AvgIpc) is 2.99. The zero-order chi connectivity index (χ0) is 18.1. The Balaban J connectivity index is 1.69. The van der Waals surface area contributed by atoms with E-state index in [1.165, 1.54) is 16.9 Å². The van der Waals surface area contributed by atoms with Crippen LogP contribution in [-0.4, -0.2) is 10.5 Å². The van der Waals surface area contributed by atoms with Gasteiger partial charge in [0.1, 0.15) is 0 Å². The number of amides is 1. The van der Waals surface area contributed by atoms with Gasteiger partial charge in [0.15, 0.2) is 4.80 Å². The summed E-state index contributed by atoms with van der Waals surface area (Å²) in [6, 6.07) is 23.9. The Labute approximate surface area is 155 Å². The van der Waals surface area contributed by atoms with E-state index >= 15 is 0 Å². The number of hydrogen-bond donors (Lipinski definition) is 0. The van der Waals surface area contributed by atoms with E-state index in [4.69, 9.17) is 0 Å². The van der Waals surface area contributed by atoms with Gasteiger partial charge in [-0.3, -0.25) is 4.79 Å². The van der Waals surface area contributed by atoms with Crippen molar-refractivity contribution in [2.45, 2.75) is 6.92 Å². The Morgan fingerprint density at radius 1 is 0.885 bits per heavy atom. The van der Waals surface area contributed by atoms with E-state index in [9.17, 15) is 4.79 Å². The molecule has 0 aliphatic carbocycles. The summed E-state index contributed by atoms with van der Waals surface area (Å²) in [5, 5.41) is 0. The van der Waals surface area contributed by atoms with Crippen molar-refractivity contribution in [1.82, 2.24) is 4.57 Å². The standard InChI is InChI=1S/C22H18N2OS/c1-15-7-6-10-19-20(15)24(2)22(26-19)23-21(25)18-13-11-17(12-14-18)16-8-4-3-5-9-16/h3-14H,1-2H3. The van der Waals surface area contributed by atoms with E-state index in [0.717, 1.165) is 21.3 Å². The normalized spacial score (nSPS) is 11.8. The summed E-state index contributed by atoms with van der Waals surface area (Å²) in [7, 11) is 1.95. The molecule has 0 N–H and O–H groups in total. The lowest BCUT2D eigenvalue weighted by Gasteiger charge is -2.02. The molecule has 0 atom stereocenters. The Morgan fingerprint density at radius 3 is 2.27 bits per heavy atom. The number of carbonyl (C=O) groups excluding carboxylic acids is 1. The van der Waals surface area contributed by atoms with E-state index in [2.05, 4.69) is 36.2 Å². The molecule has 128 valence electrons. The molecule has 0 saturated heterocycles. The van der Waals surface area contributed by atoms with Crippen molar-refractivity contribution in [2.24, 2.45) is 12.0 Å². The van der Waals surface area contributed by atoms with Crippen LogP contribution in [0.2, 0.25) is 0 Å². The molecule has 1 aromatic heterocycles. The molecule has 3 aromatic carbocycles. The summed E-state index contributed by atoms with van der Waals surface area (Å²) >= 11 is 1.54. The van der Waals surface area contributed by atoms with Crippen molar-refractivity contribution in [3.63, 3.8) is 0 Å². The highest BCUT2D eigenvalue weighted by atomic mass is 32.1. The van der Waals surface area contributed by atoms with E-state index in [1.807, 2.05) is 60.1 Å². The molecule has 1 amide bonds. The fourth-order valence-corrected chi connectivity index (χ4v) is 4.19. The number of carbonyl (C=O) groups is 1. The van der Waals surface area contributed by atoms with Crippen molar-refractivity contribution in [3.05, 3.63) is 88.7 Å². The molecule has 0 saturated carbocycles. The lowest BCUT2D eigenvalue weighted by atomic mass is 10.0. The maximum Gasteiger partial charge on any atom is 0.279 e. The van der Waals surface area contributed by atoms with Crippen LogP contribution in [-0.2, 0) is 7.05 Å². The third-order valence-electron chi connectivity index (χ3n) is 4.46. The lowest BCUT2D eigenvalue weighted by Crippen LogP contribution is -2.13. The molecule has 0 bridgehead atoms. The minimum atomic E-state index is -0.218. The fraction of sp³-hybridized carbons (Fsp3) is 0.0909. The maximum atomic E-state index is 12.6. The molecule has 26 heavy (non-hydrogen) atoms. The third kappa shape index (κ3) is 3.00. The van der Waals surface area contributed by atoms with E-state index in [0.29, 0.717) is 10.4 Å². The quantitative estimate of drug-likeness (QED) is 0.499. The number of benzene rings is 3. The predicted molar refractivity (Wildman–Crippen MR) is 107 cm³/mol. The molecular formula is C22H18N2OS. The highest BCUT2D eigenvalue weighted by Gasteiger charge is 2.09. The van der Waals surface area contributed by atoms with Crippen LogP contribution in [0.5, 0.6) is 0 Å². The minimum Gasteiger partial charge on any atom is -0.319 e. The number of aryl methyl sites for hydroxylation is 2. The first-order valence-corrected chi connectivity index (χ1v) is 9.25. The summed E-state index contributed by atoms with van der Waals surface area (Å²) in [6.45, 7) is 2.07. The average molecular weight is 358 g/mol. The lowest BCUT2D eigenvalue weighted by molar-refractivity contribution is 0.0998. The summed E-state index contributed by atoms with van der Waals surface area (Å²) < 4.78 is 3.13. The molecule has 0 aliphatic heterocycles. The van der Waals surface area contributed by atoms with Crippen LogP contribution in [0.25, 0.3) is 21.3 Å². The monoisotopic (exact) mass is 358 g/mol. The number of hydrogen-bond acceptors (Lipinski definition) is 2. The van der Waals surface area contributed by atoms with Crippen LogP contribution < -0.4 is 4.80 Å². The van der Waals surface area contributed by atoms with Crippen molar-refractivity contribution in [3.8, 4) is 11.1 Å². The Morgan fingerprint density at radius 2 is 1.58 bits per heavy atom. The van der Waals surface area contributed by atoms with Crippen LogP contribution in [0.15, 0.2) is 77.8 Å². The van der Waals surface area contributed by atoms with Crippen LogP contribution in [0.3, 0.4) is 0 Å². The maximum absolute atomic E-state index is 12.6. The first-order valence-electron chi connectivity index (χ1n) is 8.43. The number of aromatic nitrogens is 1. The number of fused-ring (bicyclic) bond motifs is 1. The largest absolute Gasteiger partial charge is 0.319 e. The first kappa shape index (κ1) is 16.5. The van der Waals surface area contributed by atoms with Crippen molar-refractivity contribution in [1.29, 1.82) is 0 Å². The molecule has 4 heteroatoms. The number of nitrogens with zero attached hydrogens (tertiary/aromatic N) is 2. The Hall–Kier alpha value is -2.98. The first-order chi connectivity index (χ1) is 12.6. The van der Waals surface area contributed by atoms with Crippen molar-refractivity contribution < 1.29 is 4.79 Å². The van der Waals surface area contributed by atoms with E-state index < -0.39 is 0 Å². The second-order valence-corrected chi connectivity index (χ2v) is 7.23. The van der Waals surface area contributed by atoms with Gasteiger partial charge >= 0.3 is 0 Å². The smallest absolute Gasteiger partial charge is 0.279 e. The van der Waals surface area contributed by atoms with E-state index in [1.54, 1.807) is 0 Å². The van der Waals surface area contributed by atoms with Crippen LogP contribution in [0.1, 0.15) is 15.9 Å². The summed E-state index contributed by atoms with van der Waals surface area (Å²) in [4.78, 5) is 17.7. The fourth-order valence-electron chi connectivity index (χ4n) is 3.09. The highest BCUT2D eigenvalue weighted by Crippen LogP contribution is 2.21. The molecule has 0 radical (unpaired) electrons. The van der Waals surface area contributed by atoms with Gasteiger partial charge in [-0.05, 0) is 41.8 Å². The van der Waals surface area contributed by atoms with Gasteiger partial charge in [-0.1, -0.05) is 65.9 Å². The molecule has 0 fully saturated rings. The van der Waals surface area contributed by atoms with Gasteiger partial charge in [-0.15, -0.1) is 0 Å². The summed E-state index contributed by atoms with van der Waals surface area (Å²) in [5.74, 6) is -0.218. The molecule has 0 unspecified atom stereocenters. The van der Waals surface area contributed by atoms with Gasteiger partial charge < -0.3 is 4.57 Å². The second-order valence-electron chi connectivity index (χ2n) is 6.23. The third-order valence-corrected chi connectivity index (χ3v) is 5.56. The van der Waals surface area contributed by atoms with Crippen LogP contribution >= 0.6 is 11.3 Å². The second kappa shape index (κ2) is 6.73. The van der Waals surface area contributed by atoms with Crippen LogP contribution in [0.4, 0.5) is 0 Å². The van der Waals surface area contributed by atoms with Crippen molar-refractivity contribution in [2.75, 3.05) is 0 Å². The van der Waals surface area contributed by atoms with E-state index in [-0.39, 0.29) is 5.91 Å². The molecule has 4 rings (SSSR count). The van der Waals surface area contributed by atoms with Gasteiger partial charge in [0.25, 0.3) is 5.91 Å². The topological polar surface area (TPSA) is 34.4 Å². The number of thiazole rings is 1. The van der Waals surface area contributed by atoms with Gasteiger partial charge in [0.05, 0.1) is 10.2 Å². The van der Waals surface area contributed by atoms with Gasteiger partial charge in [-0.2, -0.15) is 4.99 Å². The predicted octanol–water partition coefficient (Wildman–Crippen LogP) is 4.96. The number of rotatable bonds is 2. The molecule has 0 aliphatic rings. The minimum absolute atomic E-state index is 0.218. The summed E-state index contributed by atoms with van der Waals surface area (Å²) in [5.41, 5.74) is 5.13. The summed E-state index contributed by atoms with van der Waals surface area (Å²) in [6.07, 6.45) is 0. The molecule has 1 heterocycles. The highest BCUT2D eigenvalue weighted by molar-refractivity contribution is 7.16. The molecule has 3 nitrogen and oxygen atoms in total. The number of para-hydroxylation sites is 1. The SMILES string of the molecule is Cc1cccc2sc(=NC(=O)c3ccc(-c4ccccc4)cc3)n(C)c12. The molecular weight excluding hydrogens is 340 g/mol.